The summed E-state index contributed by atoms with van der Waals surface area (Å²) in [5.74, 6) is 0.898. The van der Waals surface area contributed by atoms with E-state index in [2.05, 4.69) is 25.8 Å². The highest BCUT2D eigenvalue weighted by Gasteiger charge is 2.37. The van der Waals surface area contributed by atoms with Gasteiger partial charge in [0.2, 0.25) is 0 Å². The molecule has 2 atom stereocenters. The second-order valence-corrected chi connectivity index (χ2v) is 5.88. The maximum Gasteiger partial charge on any atom is 0.147 e. The number of fused-ring (bicyclic) bond motifs is 1. The molecule has 1 aromatic heterocycles. The van der Waals surface area contributed by atoms with Gasteiger partial charge < -0.3 is 9.64 Å². The molecule has 1 aliphatic carbocycles. The first-order valence-corrected chi connectivity index (χ1v) is 7.12. The molecule has 0 aromatic carbocycles. The third-order valence-corrected chi connectivity index (χ3v) is 4.25. The van der Waals surface area contributed by atoms with Gasteiger partial charge in [-0.1, -0.05) is 11.6 Å². The molecule has 17 heavy (non-hydrogen) atoms. The predicted molar refractivity (Wildman–Crippen MR) is 71.7 cm³/mol. The topological polar surface area (TPSA) is 25.4 Å². The van der Waals surface area contributed by atoms with Gasteiger partial charge in [-0.25, -0.2) is 4.98 Å². The fraction of sp³-hybridized carbons (Fsp3) is 0.583. The minimum Gasteiger partial charge on any atom is -0.374 e. The maximum absolute atomic E-state index is 6.28. The van der Waals surface area contributed by atoms with Crippen LogP contribution in [0.1, 0.15) is 19.3 Å². The summed E-state index contributed by atoms with van der Waals surface area (Å²) >= 11 is 9.66. The van der Waals surface area contributed by atoms with E-state index in [1.807, 2.05) is 6.07 Å². The van der Waals surface area contributed by atoms with Crippen LogP contribution in [0.15, 0.2) is 16.7 Å². The Morgan fingerprint density at radius 3 is 3.18 bits per heavy atom. The second-order valence-electron chi connectivity index (χ2n) is 4.56. The number of halogens is 2. The van der Waals surface area contributed by atoms with E-state index in [4.69, 9.17) is 16.3 Å². The van der Waals surface area contributed by atoms with Crippen LogP contribution >= 0.6 is 27.5 Å². The molecule has 0 bridgehead atoms. The van der Waals surface area contributed by atoms with Gasteiger partial charge in [0.05, 0.1) is 23.8 Å². The van der Waals surface area contributed by atoms with E-state index in [0.29, 0.717) is 17.2 Å². The van der Waals surface area contributed by atoms with Crippen molar-refractivity contribution in [2.24, 2.45) is 0 Å². The van der Waals surface area contributed by atoms with E-state index in [0.717, 1.165) is 29.9 Å². The summed E-state index contributed by atoms with van der Waals surface area (Å²) in [6.07, 6.45) is 5.75. The monoisotopic (exact) mass is 316 g/mol. The molecule has 1 saturated heterocycles. The molecule has 0 N–H and O–H groups in total. The summed E-state index contributed by atoms with van der Waals surface area (Å²) in [5, 5.41) is 0.715. The van der Waals surface area contributed by atoms with Crippen LogP contribution in [0, 0.1) is 0 Å². The molecule has 5 heteroatoms. The van der Waals surface area contributed by atoms with Gasteiger partial charge in [0.1, 0.15) is 5.82 Å². The van der Waals surface area contributed by atoms with Crippen LogP contribution in [-0.4, -0.2) is 30.3 Å². The van der Waals surface area contributed by atoms with Crippen LogP contribution in [-0.2, 0) is 4.74 Å². The zero-order chi connectivity index (χ0) is 11.8. The lowest BCUT2D eigenvalue weighted by molar-refractivity contribution is 0.0253. The Morgan fingerprint density at radius 2 is 2.35 bits per heavy atom. The Labute approximate surface area is 114 Å². The zero-order valence-corrected chi connectivity index (χ0v) is 11.7. The fourth-order valence-electron chi connectivity index (χ4n) is 2.81. The molecule has 1 aromatic rings. The molecule has 0 spiro atoms. The van der Waals surface area contributed by atoms with E-state index in [-0.39, 0.29) is 0 Å². The van der Waals surface area contributed by atoms with Crippen LogP contribution in [0.25, 0.3) is 0 Å². The first kappa shape index (κ1) is 11.8. The number of nitrogens with zero attached hydrogens (tertiary/aromatic N) is 2. The smallest absolute Gasteiger partial charge is 0.147 e. The number of rotatable bonds is 1. The maximum atomic E-state index is 6.28. The summed E-state index contributed by atoms with van der Waals surface area (Å²) in [6, 6.07) is 2.36. The van der Waals surface area contributed by atoms with Gasteiger partial charge in [0.15, 0.2) is 0 Å². The predicted octanol–water partition coefficient (Wildman–Crippen LogP) is 3.26. The van der Waals surface area contributed by atoms with Gasteiger partial charge in [0, 0.05) is 17.2 Å². The Kier molecular flexibility index (Phi) is 3.28. The van der Waals surface area contributed by atoms with Crippen LogP contribution in [0.4, 0.5) is 5.82 Å². The van der Waals surface area contributed by atoms with E-state index in [9.17, 15) is 0 Å². The number of pyridine rings is 1. The van der Waals surface area contributed by atoms with Crippen molar-refractivity contribution in [1.29, 1.82) is 0 Å². The van der Waals surface area contributed by atoms with Crippen molar-refractivity contribution < 1.29 is 4.74 Å². The van der Waals surface area contributed by atoms with Crippen molar-refractivity contribution in [1.82, 2.24) is 4.98 Å². The molecule has 2 aliphatic rings. The average Bonchev–Trinajstić information content (AvgIpc) is 2.77. The third-order valence-electron chi connectivity index (χ3n) is 3.54. The van der Waals surface area contributed by atoms with Crippen LogP contribution in [0.3, 0.4) is 0 Å². The van der Waals surface area contributed by atoms with E-state index in [1.54, 1.807) is 6.20 Å². The Hall–Kier alpha value is -0.320. The normalized spacial score (nSPS) is 28.2. The molecule has 3 rings (SSSR count). The zero-order valence-electron chi connectivity index (χ0n) is 9.40. The Morgan fingerprint density at radius 1 is 1.47 bits per heavy atom. The minimum atomic E-state index is 0.366. The summed E-state index contributed by atoms with van der Waals surface area (Å²) in [6.45, 7) is 1.66. The minimum absolute atomic E-state index is 0.366. The van der Waals surface area contributed by atoms with Crippen LogP contribution in [0.5, 0.6) is 0 Å². The van der Waals surface area contributed by atoms with Crippen LogP contribution in [0.2, 0.25) is 5.02 Å². The SMILES string of the molecule is Clc1cc(Br)cnc1N1CCOC2CCCC21. The summed E-state index contributed by atoms with van der Waals surface area (Å²) in [4.78, 5) is 6.77. The lowest BCUT2D eigenvalue weighted by Gasteiger charge is -2.38. The molecule has 3 nitrogen and oxygen atoms in total. The molecule has 2 unspecified atom stereocenters. The molecule has 2 fully saturated rings. The second kappa shape index (κ2) is 4.75. The lowest BCUT2D eigenvalue weighted by Crippen LogP contribution is -2.49. The number of anilines is 1. The van der Waals surface area contributed by atoms with Crippen molar-refractivity contribution >= 4 is 33.3 Å². The summed E-state index contributed by atoms with van der Waals surface area (Å²) in [7, 11) is 0. The molecule has 0 radical (unpaired) electrons. The molecular formula is C12H14BrClN2O. The van der Waals surface area contributed by atoms with Crippen molar-refractivity contribution in [3.05, 3.63) is 21.8 Å². The van der Waals surface area contributed by atoms with Crippen molar-refractivity contribution in [2.75, 3.05) is 18.1 Å². The third kappa shape index (κ3) is 2.18. The van der Waals surface area contributed by atoms with Gasteiger partial charge >= 0.3 is 0 Å². The summed E-state index contributed by atoms with van der Waals surface area (Å²) in [5.41, 5.74) is 0. The van der Waals surface area contributed by atoms with E-state index < -0.39 is 0 Å². The number of morpholine rings is 1. The first-order chi connectivity index (χ1) is 8.25. The largest absolute Gasteiger partial charge is 0.374 e. The molecule has 1 aliphatic heterocycles. The molecule has 1 saturated carbocycles. The number of hydrogen-bond donors (Lipinski definition) is 0. The standard InChI is InChI=1S/C12H14BrClN2O/c13-8-6-9(14)12(15-7-8)16-4-5-17-11-3-1-2-10(11)16/h6-7,10-11H,1-5H2. The highest BCUT2D eigenvalue weighted by molar-refractivity contribution is 9.10. The molecular weight excluding hydrogens is 304 g/mol. The fourth-order valence-corrected chi connectivity index (χ4v) is 3.55. The van der Waals surface area contributed by atoms with E-state index >= 15 is 0 Å². The average molecular weight is 318 g/mol. The molecule has 0 amide bonds. The van der Waals surface area contributed by atoms with Crippen molar-refractivity contribution in [2.45, 2.75) is 31.4 Å². The van der Waals surface area contributed by atoms with Gasteiger partial charge in [-0.15, -0.1) is 0 Å². The Bertz CT molecular complexity index is 429. The van der Waals surface area contributed by atoms with Crippen LogP contribution < -0.4 is 4.90 Å². The highest BCUT2D eigenvalue weighted by Crippen LogP contribution is 2.35. The first-order valence-electron chi connectivity index (χ1n) is 5.95. The molecule has 92 valence electrons. The molecule has 2 heterocycles. The van der Waals surface area contributed by atoms with Gasteiger partial charge in [-0.2, -0.15) is 0 Å². The van der Waals surface area contributed by atoms with Crippen molar-refractivity contribution in [3.63, 3.8) is 0 Å². The van der Waals surface area contributed by atoms with E-state index in [1.165, 1.54) is 12.8 Å². The quantitative estimate of drug-likeness (QED) is 0.795. The Balaban J connectivity index is 1.91. The van der Waals surface area contributed by atoms with Crippen molar-refractivity contribution in [3.8, 4) is 0 Å². The van der Waals surface area contributed by atoms with Gasteiger partial charge in [0.25, 0.3) is 0 Å². The lowest BCUT2D eigenvalue weighted by atomic mass is 10.1. The number of hydrogen-bond acceptors (Lipinski definition) is 3. The highest BCUT2D eigenvalue weighted by atomic mass is 79.9. The number of aromatic nitrogens is 1. The van der Waals surface area contributed by atoms with Gasteiger partial charge in [-0.3, -0.25) is 0 Å². The van der Waals surface area contributed by atoms with Gasteiger partial charge in [-0.05, 0) is 41.3 Å². The number of ether oxygens (including phenoxy) is 1. The summed E-state index contributed by atoms with van der Waals surface area (Å²) < 4.78 is 6.71.